The lowest BCUT2D eigenvalue weighted by atomic mass is 9.95. The van der Waals surface area contributed by atoms with Crippen LogP contribution in [0.1, 0.15) is 12.5 Å². The zero-order valence-corrected chi connectivity index (χ0v) is 15.5. The molecule has 2 unspecified atom stereocenters. The molecule has 2 aliphatic heterocycles. The van der Waals surface area contributed by atoms with Gasteiger partial charge in [-0.1, -0.05) is 35.9 Å². The van der Waals surface area contributed by atoms with Gasteiger partial charge in [0.15, 0.2) is 5.78 Å². The number of benzene rings is 2. The molecule has 0 N–H and O–H groups in total. The Bertz CT molecular complexity index is 1020. The van der Waals surface area contributed by atoms with E-state index in [1.165, 1.54) is 11.9 Å². The maximum absolute atomic E-state index is 13.2. The minimum atomic E-state index is -0.923. The first-order valence-electron chi connectivity index (χ1n) is 8.48. The summed E-state index contributed by atoms with van der Waals surface area (Å²) in [6, 6.07) is 13.1. The smallest absolute Gasteiger partial charge is 0.259 e. The van der Waals surface area contributed by atoms with Gasteiger partial charge in [0.1, 0.15) is 17.7 Å². The third-order valence-electron chi connectivity index (χ3n) is 4.84. The summed E-state index contributed by atoms with van der Waals surface area (Å²) >= 11 is 6.03. The van der Waals surface area contributed by atoms with E-state index in [1.54, 1.807) is 24.3 Å². The van der Waals surface area contributed by atoms with E-state index < -0.39 is 23.8 Å². The van der Waals surface area contributed by atoms with Crippen molar-refractivity contribution in [2.24, 2.45) is 11.0 Å². The Balaban J connectivity index is 1.83. The number of ketones is 1. The Kier molecular flexibility index (Phi) is 4.08. The van der Waals surface area contributed by atoms with Crippen molar-refractivity contribution in [1.82, 2.24) is 0 Å². The van der Waals surface area contributed by atoms with Gasteiger partial charge in [-0.25, -0.2) is 4.90 Å². The van der Waals surface area contributed by atoms with Crippen molar-refractivity contribution in [3.05, 3.63) is 59.1 Å². The summed E-state index contributed by atoms with van der Waals surface area (Å²) in [5.41, 5.74) is 2.08. The lowest BCUT2D eigenvalue weighted by molar-refractivity contribution is -0.122. The van der Waals surface area contributed by atoms with E-state index in [0.29, 0.717) is 16.4 Å². The maximum atomic E-state index is 13.2. The van der Waals surface area contributed by atoms with Crippen molar-refractivity contribution in [3.63, 3.8) is 0 Å². The standard InChI is InChI=1S/C20H16ClN3O3/c1-11-6-3-4-9-15(11)24-18-16(17(22-24)12(2)25)19(26)23(20(18)27)14-8-5-7-13(21)10-14/h3-10,16,18H,1-2H3. The van der Waals surface area contributed by atoms with Gasteiger partial charge >= 0.3 is 0 Å². The fourth-order valence-electron chi connectivity index (χ4n) is 3.59. The van der Waals surface area contributed by atoms with Crippen molar-refractivity contribution < 1.29 is 14.4 Å². The van der Waals surface area contributed by atoms with Gasteiger partial charge in [0.2, 0.25) is 5.91 Å². The number of para-hydroxylation sites is 1. The van der Waals surface area contributed by atoms with Crippen molar-refractivity contribution in [3.8, 4) is 0 Å². The summed E-state index contributed by atoms with van der Waals surface area (Å²) in [7, 11) is 0. The van der Waals surface area contributed by atoms with Crippen LogP contribution in [0.15, 0.2) is 53.6 Å². The first-order valence-corrected chi connectivity index (χ1v) is 8.85. The molecule has 2 heterocycles. The van der Waals surface area contributed by atoms with Crippen LogP contribution in [-0.2, 0) is 14.4 Å². The van der Waals surface area contributed by atoms with Crippen molar-refractivity contribution in [2.45, 2.75) is 19.9 Å². The van der Waals surface area contributed by atoms with E-state index in [-0.39, 0.29) is 11.5 Å². The SMILES string of the molecule is CC(=O)C1=NN(c2ccccc2C)C2C(=O)N(c3cccc(Cl)c3)C(=O)C12. The van der Waals surface area contributed by atoms with E-state index in [4.69, 9.17) is 11.6 Å². The predicted molar refractivity (Wildman–Crippen MR) is 103 cm³/mol. The summed E-state index contributed by atoms with van der Waals surface area (Å²) in [6.45, 7) is 3.25. The lowest BCUT2D eigenvalue weighted by Crippen LogP contribution is -2.39. The third-order valence-corrected chi connectivity index (χ3v) is 5.07. The van der Waals surface area contributed by atoms with Crippen LogP contribution in [0.2, 0.25) is 5.02 Å². The highest BCUT2D eigenvalue weighted by Gasteiger charge is 2.58. The topological polar surface area (TPSA) is 70.1 Å². The zero-order chi connectivity index (χ0) is 19.3. The van der Waals surface area contributed by atoms with Gasteiger partial charge in [-0.05, 0) is 36.8 Å². The molecule has 2 aliphatic rings. The van der Waals surface area contributed by atoms with Crippen LogP contribution in [-0.4, -0.2) is 29.4 Å². The number of anilines is 2. The second-order valence-electron chi connectivity index (χ2n) is 6.59. The van der Waals surface area contributed by atoms with Gasteiger partial charge in [-0.2, -0.15) is 5.10 Å². The molecule has 0 aromatic heterocycles. The van der Waals surface area contributed by atoms with Crippen LogP contribution in [0.5, 0.6) is 0 Å². The van der Waals surface area contributed by atoms with Gasteiger partial charge in [-0.15, -0.1) is 0 Å². The van der Waals surface area contributed by atoms with Crippen molar-refractivity contribution >= 4 is 46.3 Å². The molecule has 1 saturated heterocycles. The Labute approximate surface area is 161 Å². The molecule has 1 fully saturated rings. The number of fused-ring (bicyclic) bond motifs is 1. The van der Waals surface area contributed by atoms with Crippen molar-refractivity contribution in [2.75, 3.05) is 9.91 Å². The second kappa shape index (κ2) is 6.32. The highest BCUT2D eigenvalue weighted by atomic mass is 35.5. The van der Waals surface area contributed by atoms with Gasteiger partial charge in [0.05, 0.1) is 11.4 Å². The van der Waals surface area contributed by atoms with E-state index in [9.17, 15) is 14.4 Å². The molecule has 2 atom stereocenters. The number of hydrogen-bond donors (Lipinski definition) is 0. The number of nitrogens with zero attached hydrogens (tertiary/aromatic N) is 3. The molecule has 0 radical (unpaired) electrons. The molecule has 2 aromatic rings. The van der Waals surface area contributed by atoms with Crippen LogP contribution in [0.25, 0.3) is 0 Å². The fraction of sp³-hybridized carbons (Fsp3) is 0.200. The molecule has 7 heteroatoms. The summed E-state index contributed by atoms with van der Waals surface area (Å²) in [6.07, 6.45) is 0. The van der Waals surface area contributed by atoms with Crippen LogP contribution < -0.4 is 9.91 Å². The molecule has 0 saturated carbocycles. The highest BCUT2D eigenvalue weighted by Crippen LogP contribution is 2.39. The van der Waals surface area contributed by atoms with E-state index >= 15 is 0 Å². The monoisotopic (exact) mass is 381 g/mol. The van der Waals surface area contributed by atoms with Gasteiger partial charge in [-0.3, -0.25) is 19.4 Å². The van der Waals surface area contributed by atoms with E-state index in [0.717, 1.165) is 10.5 Å². The Hall–Kier alpha value is -2.99. The molecule has 0 spiro atoms. The number of carbonyl (C=O) groups excluding carboxylic acids is 3. The summed E-state index contributed by atoms with van der Waals surface area (Å²) in [5.74, 6) is -2.13. The van der Waals surface area contributed by atoms with Gasteiger partial charge in [0.25, 0.3) is 5.91 Å². The molecule has 136 valence electrons. The molecule has 2 amide bonds. The number of carbonyl (C=O) groups is 3. The normalized spacial score (nSPS) is 21.5. The molecule has 6 nitrogen and oxygen atoms in total. The van der Waals surface area contributed by atoms with Crippen LogP contribution in [0.4, 0.5) is 11.4 Å². The molecule has 0 bridgehead atoms. The minimum absolute atomic E-state index is 0.103. The van der Waals surface area contributed by atoms with E-state index in [1.807, 2.05) is 31.2 Å². The predicted octanol–water partition coefficient (Wildman–Crippen LogP) is 2.97. The quantitative estimate of drug-likeness (QED) is 0.766. The average molecular weight is 382 g/mol. The molecule has 2 aromatic carbocycles. The molecular formula is C20H16ClN3O3. The molecule has 27 heavy (non-hydrogen) atoms. The Morgan fingerprint density at radius 2 is 1.81 bits per heavy atom. The average Bonchev–Trinajstić information content (AvgIpc) is 3.13. The Morgan fingerprint density at radius 3 is 2.48 bits per heavy atom. The summed E-state index contributed by atoms with van der Waals surface area (Å²) < 4.78 is 0. The first-order chi connectivity index (χ1) is 12.9. The Morgan fingerprint density at radius 1 is 1.07 bits per heavy atom. The summed E-state index contributed by atoms with van der Waals surface area (Å²) in [4.78, 5) is 39.5. The highest BCUT2D eigenvalue weighted by molar-refractivity contribution is 6.49. The number of aryl methyl sites for hydroxylation is 1. The molecule has 0 aliphatic carbocycles. The number of amides is 2. The minimum Gasteiger partial charge on any atom is -0.293 e. The lowest BCUT2D eigenvalue weighted by Gasteiger charge is -2.23. The largest absolute Gasteiger partial charge is 0.293 e. The number of rotatable bonds is 3. The third kappa shape index (κ3) is 2.64. The number of hydrogen-bond acceptors (Lipinski definition) is 5. The molecule has 4 rings (SSSR count). The first kappa shape index (κ1) is 17.4. The van der Waals surface area contributed by atoms with Crippen LogP contribution >= 0.6 is 11.6 Å². The van der Waals surface area contributed by atoms with E-state index in [2.05, 4.69) is 5.10 Å². The molecular weight excluding hydrogens is 366 g/mol. The summed E-state index contributed by atoms with van der Waals surface area (Å²) in [5, 5.41) is 6.28. The number of Topliss-reactive ketones (excluding diaryl/α,β-unsaturated/α-hetero) is 1. The number of hydrazone groups is 1. The van der Waals surface area contributed by atoms with Gasteiger partial charge < -0.3 is 0 Å². The van der Waals surface area contributed by atoms with Crippen LogP contribution in [0.3, 0.4) is 0 Å². The van der Waals surface area contributed by atoms with Crippen molar-refractivity contribution in [1.29, 1.82) is 0 Å². The maximum Gasteiger partial charge on any atom is 0.259 e. The van der Waals surface area contributed by atoms with Crippen LogP contribution in [0, 0.1) is 12.8 Å². The fourth-order valence-corrected chi connectivity index (χ4v) is 3.78. The number of halogens is 1. The van der Waals surface area contributed by atoms with Gasteiger partial charge in [0, 0.05) is 11.9 Å². The second-order valence-corrected chi connectivity index (χ2v) is 7.02. The number of imide groups is 1. The zero-order valence-electron chi connectivity index (χ0n) is 14.7.